The predicted molar refractivity (Wildman–Crippen MR) is 79.6 cm³/mol. The van der Waals surface area contributed by atoms with Crippen LogP contribution in [0.25, 0.3) is 0 Å². The van der Waals surface area contributed by atoms with Crippen LogP contribution in [0.1, 0.15) is 46.2 Å². The van der Waals surface area contributed by atoms with Crippen LogP contribution in [-0.2, 0) is 4.79 Å². The van der Waals surface area contributed by atoms with Gasteiger partial charge in [-0.05, 0) is 17.9 Å². The van der Waals surface area contributed by atoms with Gasteiger partial charge in [0.1, 0.15) is 0 Å². The number of hydrogen-bond acceptors (Lipinski definition) is 2. The molecule has 3 nitrogen and oxygen atoms in total. The third kappa shape index (κ3) is 4.35. The highest BCUT2D eigenvalue weighted by Crippen LogP contribution is 2.22. The van der Waals surface area contributed by atoms with Crippen molar-refractivity contribution < 1.29 is 4.79 Å². The zero-order valence-corrected chi connectivity index (χ0v) is 12.6. The summed E-state index contributed by atoms with van der Waals surface area (Å²) in [6.45, 7) is 10.2. The fraction of sp³-hybridized carbons (Fsp3) is 0.562. The van der Waals surface area contributed by atoms with Crippen molar-refractivity contribution in [3.05, 3.63) is 35.9 Å². The van der Waals surface area contributed by atoms with Crippen LogP contribution in [0, 0.1) is 11.3 Å². The fourth-order valence-electron chi connectivity index (χ4n) is 1.69. The van der Waals surface area contributed by atoms with Gasteiger partial charge in [0.05, 0.1) is 5.92 Å². The normalized spacial score (nSPS) is 16.5. The Morgan fingerprint density at radius 2 is 1.68 bits per heavy atom. The SMILES string of the molecule is CC(C(=O)NC(C)C(C)(C)C)C(N)c1ccccc1. The van der Waals surface area contributed by atoms with Crippen molar-refractivity contribution in [2.45, 2.75) is 46.7 Å². The third-order valence-corrected chi connectivity index (χ3v) is 3.79. The van der Waals surface area contributed by atoms with Gasteiger partial charge in [0.25, 0.3) is 0 Å². The van der Waals surface area contributed by atoms with Crippen LogP contribution in [0.5, 0.6) is 0 Å². The van der Waals surface area contributed by atoms with Crippen LogP contribution in [0.2, 0.25) is 0 Å². The molecule has 0 aliphatic carbocycles. The molecule has 3 unspecified atom stereocenters. The minimum absolute atomic E-state index is 0.0128. The van der Waals surface area contributed by atoms with Gasteiger partial charge in [0.15, 0.2) is 0 Å². The first-order valence-electron chi connectivity index (χ1n) is 6.84. The van der Waals surface area contributed by atoms with Crippen molar-refractivity contribution in [3.8, 4) is 0 Å². The monoisotopic (exact) mass is 262 g/mol. The summed E-state index contributed by atoms with van der Waals surface area (Å²) in [6.07, 6.45) is 0. The fourth-order valence-corrected chi connectivity index (χ4v) is 1.69. The highest BCUT2D eigenvalue weighted by atomic mass is 16.2. The number of nitrogens with two attached hydrogens (primary N) is 1. The summed E-state index contributed by atoms with van der Waals surface area (Å²) < 4.78 is 0. The Labute approximate surface area is 116 Å². The molecule has 106 valence electrons. The summed E-state index contributed by atoms with van der Waals surface area (Å²) in [4.78, 5) is 12.2. The van der Waals surface area contributed by atoms with E-state index in [1.165, 1.54) is 0 Å². The third-order valence-electron chi connectivity index (χ3n) is 3.79. The number of rotatable bonds is 4. The van der Waals surface area contributed by atoms with Crippen LogP contribution in [0.3, 0.4) is 0 Å². The van der Waals surface area contributed by atoms with Crippen LogP contribution in [0.4, 0.5) is 0 Å². The summed E-state index contributed by atoms with van der Waals surface area (Å²) in [5, 5.41) is 3.05. The van der Waals surface area contributed by atoms with E-state index in [9.17, 15) is 4.79 Å². The van der Waals surface area contributed by atoms with Gasteiger partial charge in [-0.2, -0.15) is 0 Å². The van der Waals surface area contributed by atoms with Crippen molar-refractivity contribution in [1.29, 1.82) is 0 Å². The van der Waals surface area contributed by atoms with Crippen molar-refractivity contribution in [3.63, 3.8) is 0 Å². The Kier molecular flexibility index (Phi) is 5.12. The number of benzene rings is 1. The maximum Gasteiger partial charge on any atom is 0.224 e. The summed E-state index contributed by atoms with van der Waals surface area (Å²) >= 11 is 0. The number of carbonyl (C=O) groups is 1. The minimum atomic E-state index is -0.270. The van der Waals surface area contributed by atoms with Crippen LogP contribution >= 0.6 is 0 Å². The average molecular weight is 262 g/mol. The van der Waals surface area contributed by atoms with Gasteiger partial charge < -0.3 is 11.1 Å². The van der Waals surface area contributed by atoms with Crippen molar-refractivity contribution in [2.75, 3.05) is 0 Å². The van der Waals surface area contributed by atoms with E-state index in [2.05, 4.69) is 26.1 Å². The van der Waals surface area contributed by atoms with Gasteiger partial charge >= 0.3 is 0 Å². The van der Waals surface area contributed by atoms with Gasteiger partial charge in [-0.25, -0.2) is 0 Å². The van der Waals surface area contributed by atoms with Gasteiger partial charge in [0.2, 0.25) is 5.91 Å². The predicted octanol–water partition coefficient (Wildman–Crippen LogP) is 2.87. The maximum absolute atomic E-state index is 12.2. The summed E-state index contributed by atoms with van der Waals surface area (Å²) in [7, 11) is 0. The molecule has 1 aromatic carbocycles. The Hall–Kier alpha value is -1.35. The highest BCUT2D eigenvalue weighted by Gasteiger charge is 2.27. The largest absolute Gasteiger partial charge is 0.353 e. The lowest BCUT2D eigenvalue weighted by Gasteiger charge is -2.30. The molecule has 1 aromatic rings. The second-order valence-electron chi connectivity index (χ2n) is 6.32. The molecule has 0 fully saturated rings. The maximum atomic E-state index is 12.2. The first-order valence-corrected chi connectivity index (χ1v) is 6.84. The molecule has 0 heterocycles. The van der Waals surface area contributed by atoms with Gasteiger partial charge in [-0.15, -0.1) is 0 Å². The molecule has 0 bridgehead atoms. The zero-order chi connectivity index (χ0) is 14.6. The first kappa shape index (κ1) is 15.7. The van der Waals surface area contributed by atoms with Gasteiger partial charge in [0, 0.05) is 12.1 Å². The number of amides is 1. The molecule has 0 aliphatic heterocycles. The number of nitrogens with one attached hydrogen (secondary N) is 1. The Morgan fingerprint density at radius 1 is 1.16 bits per heavy atom. The Bertz CT molecular complexity index is 409. The Balaban J connectivity index is 2.68. The smallest absolute Gasteiger partial charge is 0.224 e. The molecular weight excluding hydrogens is 236 g/mol. The van der Waals surface area contributed by atoms with E-state index in [0.717, 1.165) is 5.56 Å². The second-order valence-corrected chi connectivity index (χ2v) is 6.32. The van der Waals surface area contributed by atoms with Crippen molar-refractivity contribution >= 4 is 5.91 Å². The van der Waals surface area contributed by atoms with E-state index in [1.807, 2.05) is 44.2 Å². The van der Waals surface area contributed by atoms with E-state index in [1.54, 1.807) is 0 Å². The lowest BCUT2D eigenvalue weighted by atomic mass is 9.87. The number of carbonyl (C=O) groups excluding carboxylic acids is 1. The summed E-state index contributed by atoms with van der Waals surface area (Å²) in [6, 6.07) is 9.60. The minimum Gasteiger partial charge on any atom is -0.353 e. The lowest BCUT2D eigenvalue weighted by Crippen LogP contribution is -2.45. The molecule has 19 heavy (non-hydrogen) atoms. The molecule has 0 aromatic heterocycles. The molecule has 1 rings (SSSR count). The summed E-state index contributed by atoms with van der Waals surface area (Å²) in [5.41, 5.74) is 7.21. The molecule has 3 heteroatoms. The van der Waals surface area contributed by atoms with Crippen LogP contribution in [0.15, 0.2) is 30.3 Å². The quantitative estimate of drug-likeness (QED) is 0.876. The first-order chi connectivity index (χ1) is 8.73. The molecule has 0 saturated carbocycles. The van der Waals surface area contributed by atoms with Crippen molar-refractivity contribution in [2.24, 2.45) is 17.1 Å². The molecule has 0 saturated heterocycles. The molecule has 0 radical (unpaired) electrons. The van der Waals surface area contributed by atoms with E-state index in [4.69, 9.17) is 5.73 Å². The molecule has 3 N–H and O–H groups in total. The van der Waals surface area contributed by atoms with E-state index < -0.39 is 0 Å². The van der Waals surface area contributed by atoms with Gasteiger partial charge in [-0.1, -0.05) is 58.0 Å². The molecule has 0 spiro atoms. The molecule has 1 amide bonds. The van der Waals surface area contributed by atoms with Gasteiger partial charge in [-0.3, -0.25) is 4.79 Å². The zero-order valence-electron chi connectivity index (χ0n) is 12.6. The van der Waals surface area contributed by atoms with E-state index in [-0.39, 0.29) is 29.3 Å². The molecule has 3 atom stereocenters. The van der Waals surface area contributed by atoms with Crippen molar-refractivity contribution in [1.82, 2.24) is 5.32 Å². The second kappa shape index (κ2) is 6.20. The number of hydrogen-bond donors (Lipinski definition) is 2. The topological polar surface area (TPSA) is 55.1 Å². The Morgan fingerprint density at radius 3 is 2.16 bits per heavy atom. The average Bonchev–Trinajstić information content (AvgIpc) is 2.36. The lowest BCUT2D eigenvalue weighted by molar-refractivity contribution is -0.126. The highest BCUT2D eigenvalue weighted by molar-refractivity contribution is 5.79. The van der Waals surface area contributed by atoms with Crippen LogP contribution in [-0.4, -0.2) is 11.9 Å². The molecular formula is C16H26N2O. The van der Waals surface area contributed by atoms with Crippen LogP contribution < -0.4 is 11.1 Å². The molecule has 0 aliphatic rings. The van der Waals surface area contributed by atoms with E-state index >= 15 is 0 Å². The summed E-state index contributed by atoms with van der Waals surface area (Å²) in [5.74, 6) is -0.231. The standard InChI is InChI=1S/C16H26N2O/c1-11(14(17)13-9-7-6-8-10-13)15(19)18-12(2)16(3,4)5/h6-12,14H,17H2,1-5H3,(H,18,19). The van der Waals surface area contributed by atoms with E-state index in [0.29, 0.717) is 0 Å².